The molecule has 0 fully saturated rings. The molecule has 0 aromatic carbocycles. The molecule has 0 amide bonds. The van der Waals surface area contributed by atoms with E-state index < -0.39 is 29.9 Å². The summed E-state index contributed by atoms with van der Waals surface area (Å²) in [5.41, 5.74) is 0. The smallest absolute Gasteiger partial charge is 0.311 e. The van der Waals surface area contributed by atoms with Gasteiger partial charge in [-0.2, -0.15) is 5.26 Å². The maximum atomic E-state index is 11.7. The van der Waals surface area contributed by atoms with Gasteiger partial charge in [-0.1, -0.05) is 5.92 Å². The van der Waals surface area contributed by atoms with Gasteiger partial charge >= 0.3 is 11.9 Å². The number of aliphatic carboxylic acids is 1. The Morgan fingerprint density at radius 3 is 2.47 bits per heavy atom. The fourth-order valence-corrected chi connectivity index (χ4v) is 1.24. The standard InChI is InChI=1S/C12H15NO4/c1-4-9(3)17-12(16)10(8(2)7-13)5-6-11(14)15/h1,8-10H,5-6H2,2-3H3,(H,14,15). The average Bonchev–Trinajstić information content (AvgIpc) is 2.28. The minimum Gasteiger partial charge on any atom is -0.481 e. The first kappa shape index (κ1) is 15.0. The summed E-state index contributed by atoms with van der Waals surface area (Å²) in [5.74, 6) is -0.768. The van der Waals surface area contributed by atoms with Crippen LogP contribution in [0.3, 0.4) is 0 Å². The zero-order valence-corrected chi connectivity index (χ0v) is 9.84. The van der Waals surface area contributed by atoms with E-state index in [9.17, 15) is 9.59 Å². The number of nitrogens with zero attached hydrogens (tertiary/aromatic N) is 1. The summed E-state index contributed by atoms with van der Waals surface area (Å²) in [7, 11) is 0. The molecule has 5 nitrogen and oxygen atoms in total. The lowest BCUT2D eigenvalue weighted by atomic mass is 9.91. The number of carbonyl (C=O) groups is 2. The monoisotopic (exact) mass is 237 g/mol. The van der Waals surface area contributed by atoms with Gasteiger partial charge in [0.05, 0.1) is 17.9 Å². The first-order chi connectivity index (χ1) is 7.92. The van der Waals surface area contributed by atoms with Crippen molar-refractivity contribution in [3.63, 3.8) is 0 Å². The predicted octanol–water partition coefficient (Wildman–Crippen LogP) is 1.19. The number of hydrogen-bond acceptors (Lipinski definition) is 4. The molecule has 0 rings (SSSR count). The van der Waals surface area contributed by atoms with E-state index in [0.29, 0.717) is 0 Å². The maximum absolute atomic E-state index is 11.7. The van der Waals surface area contributed by atoms with Crippen LogP contribution in [0, 0.1) is 35.5 Å². The number of esters is 1. The van der Waals surface area contributed by atoms with Gasteiger partial charge in [-0.25, -0.2) is 0 Å². The topological polar surface area (TPSA) is 87.4 Å². The van der Waals surface area contributed by atoms with Crippen molar-refractivity contribution >= 4 is 11.9 Å². The highest BCUT2D eigenvalue weighted by Gasteiger charge is 2.28. The Hall–Kier alpha value is -2.01. The average molecular weight is 237 g/mol. The summed E-state index contributed by atoms with van der Waals surface area (Å²) in [6.07, 6.45) is 4.27. The van der Waals surface area contributed by atoms with Gasteiger partial charge in [0, 0.05) is 6.42 Å². The van der Waals surface area contributed by atoms with Crippen LogP contribution in [0.4, 0.5) is 0 Å². The van der Waals surface area contributed by atoms with Crippen molar-refractivity contribution < 1.29 is 19.4 Å². The quantitative estimate of drug-likeness (QED) is 0.553. The van der Waals surface area contributed by atoms with E-state index in [1.165, 1.54) is 6.92 Å². The maximum Gasteiger partial charge on any atom is 0.311 e. The van der Waals surface area contributed by atoms with Crippen LogP contribution < -0.4 is 0 Å². The molecule has 0 aromatic rings. The molecular weight excluding hydrogens is 222 g/mol. The number of carboxylic acid groups (broad SMARTS) is 1. The lowest BCUT2D eigenvalue weighted by Crippen LogP contribution is -2.27. The van der Waals surface area contributed by atoms with Crippen LogP contribution in [0.5, 0.6) is 0 Å². The van der Waals surface area contributed by atoms with Gasteiger partial charge in [0.1, 0.15) is 0 Å². The molecule has 0 heterocycles. The molecule has 0 bridgehead atoms. The molecule has 0 aliphatic carbocycles. The van der Waals surface area contributed by atoms with Crippen molar-refractivity contribution in [3.8, 4) is 18.4 Å². The molecule has 17 heavy (non-hydrogen) atoms. The molecule has 92 valence electrons. The van der Waals surface area contributed by atoms with Gasteiger partial charge in [-0.3, -0.25) is 9.59 Å². The molecule has 5 heteroatoms. The van der Waals surface area contributed by atoms with E-state index >= 15 is 0 Å². The Bertz CT molecular complexity index is 364. The molecule has 0 spiro atoms. The van der Waals surface area contributed by atoms with Crippen molar-refractivity contribution in [1.29, 1.82) is 5.26 Å². The molecule has 0 aliphatic rings. The molecule has 3 atom stereocenters. The summed E-state index contributed by atoms with van der Waals surface area (Å²) in [4.78, 5) is 22.1. The number of terminal acetylenes is 1. The molecule has 1 N–H and O–H groups in total. The molecular formula is C12H15NO4. The van der Waals surface area contributed by atoms with Crippen molar-refractivity contribution in [2.24, 2.45) is 11.8 Å². The third-order valence-electron chi connectivity index (χ3n) is 2.31. The first-order valence-electron chi connectivity index (χ1n) is 5.20. The molecule has 0 aromatic heterocycles. The van der Waals surface area contributed by atoms with E-state index in [0.717, 1.165) is 0 Å². The Kier molecular flexibility index (Phi) is 6.43. The second kappa shape index (κ2) is 7.29. The number of hydrogen-bond donors (Lipinski definition) is 1. The highest BCUT2D eigenvalue weighted by molar-refractivity contribution is 5.75. The van der Waals surface area contributed by atoms with Crippen molar-refractivity contribution in [2.75, 3.05) is 0 Å². The van der Waals surface area contributed by atoms with Crippen LogP contribution in [0.15, 0.2) is 0 Å². The van der Waals surface area contributed by atoms with E-state index in [-0.39, 0.29) is 12.8 Å². The summed E-state index contributed by atoms with van der Waals surface area (Å²) in [6, 6.07) is 1.92. The minimum atomic E-state index is -1.02. The molecule has 0 radical (unpaired) electrons. The van der Waals surface area contributed by atoms with Crippen LogP contribution in [0.2, 0.25) is 0 Å². The van der Waals surface area contributed by atoms with E-state index in [1.54, 1.807) is 6.92 Å². The number of rotatable bonds is 6. The summed E-state index contributed by atoms with van der Waals surface area (Å²) >= 11 is 0. The number of carboxylic acids is 1. The summed E-state index contributed by atoms with van der Waals surface area (Å²) < 4.78 is 4.90. The van der Waals surface area contributed by atoms with Crippen LogP contribution in [0.1, 0.15) is 26.7 Å². The Morgan fingerprint density at radius 1 is 1.47 bits per heavy atom. The van der Waals surface area contributed by atoms with E-state index in [1.807, 2.05) is 6.07 Å². The third-order valence-corrected chi connectivity index (χ3v) is 2.31. The minimum absolute atomic E-state index is 0.0696. The van der Waals surface area contributed by atoms with Gasteiger partial charge in [-0.05, 0) is 20.3 Å². The highest BCUT2D eigenvalue weighted by Crippen LogP contribution is 2.19. The molecule has 0 saturated carbocycles. The fraction of sp³-hybridized carbons (Fsp3) is 0.583. The van der Waals surface area contributed by atoms with E-state index in [2.05, 4.69) is 5.92 Å². The van der Waals surface area contributed by atoms with Crippen molar-refractivity contribution in [2.45, 2.75) is 32.8 Å². The Morgan fingerprint density at radius 2 is 2.06 bits per heavy atom. The number of ether oxygens (including phenoxy) is 1. The third kappa shape index (κ3) is 5.58. The summed E-state index contributed by atoms with van der Waals surface area (Å²) in [6.45, 7) is 3.08. The zero-order valence-electron chi connectivity index (χ0n) is 9.84. The highest BCUT2D eigenvalue weighted by atomic mass is 16.5. The normalized spacial score (nSPS) is 14.8. The molecule has 0 saturated heterocycles. The largest absolute Gasteiger partial charge is 0.481 e. The SMILES string of the molecule is C#CC(C)OC(=O)C(CCC(=O)O)C(C)C#N. The van der Waals surface area contributed by atoms with Crippen molar-refractivity contribution in [3.05, 3.63) is 0 Å². The second-order valence-electron chi connectivity index (χ2n) is 3.70. The van der Waals surface area contributed by atoms with E-state index in [4.69, 9.17) is 21.5 Å². The van der Waals surface area contributed by atoms with Gasteiger partial charge in [0.25, 0.3) is 0 Å². The van der Waals surface area contributed by atoms with Crippen LogP contribution in [-0.2, 0) is 14.3 Å². The van der Waals surface area contributed by atoms with Crippen LogP contribution in [0.25, 0.3) is 0 Å². The van der Waals surface area contributed by atoms with Gasteiger partial charge < -0.3 is 9.84 Å². The summed E-state index contributed by atoms with van der Waals surface area (Å²) in [5, 5.41) is 17.3. The molecule has 3 unspecified atom stereocenters. The predicted molar refractivity (Wildman–Crippen MR) is 59.5 cm³/mol. The second-order valence-corrected chi connectivity index (χ2v) is 3.70. The van der Waals surface area contributed by atoms with Crippen LogP contribution in [-0.4, -0.2) is 23.1 Å². The van der Waals surface area contributed by atoms with Gasteiger partial charge in [0.2, 0.25) is 0 Å². The Balaban J connectivity index is 4.58. The lowest BCUT2D eigenvalue weighted by Gasteiger charge is -2.18. The fourth-order valence-electron chi connectivity index (χ4n) is 1.24. The Labute approximate surface area is 100 Å². The zero-order chi connectivity index (χ0) is 13.4. The van der Waals surface area contributed by atoms with Crippen molar-refractivity contribution in [1.82, 2.24) is 0 Å². The van der Waals surface area contributed by atoms with Crippen LogP contribution >= 0.6 is 0 Å². The van der Waals surface area contributed by atoms with Gasteiger partial charge in [0.15, 0.2) is 6.10 Å². The number of carbonyl (C=O) groups excluding carboxylic acids is 1. The van der Waals surface area contributed by atoms with Gasteiger partial charge in [-0.15, -0.1) is 6.42 Å². The molecule has 0 aliphatic heterocycles. The first-order valence-corrected chi connectivity index (χ1v) is 5.20. The number of nitriles is 1. The lowest BCUT2D eigenvalue weighted by molar-refractivity contribution is -0.152.